The van der Waals surface area contributed by atoms with Crippen molar-refractivity contribution in [3.8, 4) is 0 Å². The van der Waals surface area contributed by atoms with Crippen LogP contribution in [-0.4, -0.2) is 31.1 Å². The SMILES string of the molecule is COC(=O)c1cc(F)c2c(c1)CCN(CCCC1(C)CCC1)C2. The molecule has 1 saturated carbocycles. The van der Waals surface area contributed by atoms with Gasteiger partial charge in [0.1, 0.15) is 5.82 Å². The molecule has 126 valence electrons. The molecule has 1 aromatic rings. The second kappa shape index (κ2) is 6.60. The van der Waals surface area contributed by atoms with Gasteiger partial charge in [-0.3, -0.25) is 4.90 Å². The average Bonchev–Trinajstić information content (AvgIpc) is 2.52. The number of esters is 1. The highest BCUT2D eigenvalue weighted by Crippen LogP contribution is 2.44. The third kappa shape index (κ3) is 3.57. The fourth-order valence-electron chi connectivity index (χ4n) is 3.86. The Hall–Kier alpha value is -1.42. The first-order chi connectivity index (χ1) is 11.0. The largest absolute Gasteiger partial charge is 0.465 e. The molecule has 0 spiro atoms. The predicted octanol–water partition coefficient (Wildman–Crippen LogP) is 3.94. The van der Waals surface area contributed by atoms with E-state index in [1.54, 1.807) is 6.07 Å². The molecule has 2 aliphatic rings. The fraction of sp³-hybridized carbons (Fsp3) is 0.632. The molecule has 0 amide bonds. The number of fused-ring (bicyclic) bond motifs is 1. The Kier molecular flexibility index (Phi) is 4.72. The van der Waals surface area contributed by atoms with Crippen molar-refractivity contribution in [3.63, 3.8) is 0 Å². The van der Waals surface area contributed by atoms with Crippen molar-refractivity contribution in [2.75, 3.05) is 20.2 Å². The maximum Gasteiger partial charge on any atom is 0.337 e. The van der Waals surface area contributed by atoms with Gasteiger partial charge in [-0.15, -0.1) is 0 Å². The summed E-state index contributed by atoms with van der Waals surface area (Å²) in [6, 6.07) is 3.10. The maximum absolute atomic E-state index is 14.3. The van der Waals surface area contributed by atoms with Gasteiger partial charge in [-0.1, -0.05) is 13.3 Å². The predicted molar refractivity (Wildman–Crippen MR) is 87.9 cm³/mol. The lowest BCUT2D eigenvalue weighted by Crippen LogP contribution is -2.33. The Bertz CT molecular complexity index is 595. The van der Waals surface area contributed by atoms with Crippen molar-refractivity contribution in [1.29, 1.82) is 0 Å². The van der Waals surface area contributed by atoms with Crippen LogP contribution in [0.25, 0.3) is 0 Å². The van der Waals surface area contributed by atoms with Crippen LogP contribution in [0, 0.1) is 11.2 Å². The van der Waals surface area contributed by atoms with Crippen LogP contribution in [0.3, 0.4) is 0 Å². The molecule has 0 bridgehead atoms. The number of benzene rings is 1. The van der Waals surface area contributed by atoms with E-state index in [9.17, 15) is 9.18 Å². The molecule has 23 heavy (non-hydrogen) atoms. The second-order valence-electron chi connectivity index (χ2n) is 7.38. The first kappa shape index (κ1) is 16.4. The van der Waals surface area contributed by atoms with Crippen molar-refractivity contribution >= 4 is 5.97 Å². The monoisotopic (exact) mass is 319 g/mol. The van der Waals surface area contributed by atoms with E-state index in [0.29, 0.717) is 17.5 Å². The zero-order chi connectivity index (χ0) is 16.4. The molecule has 1 heterocycles. The third-order valence-corrected chi connectivity index (χ3v) is 5.60. The van der Waals surface area contributed by atoms with Gasteiger partial charge in [0.05, 0.1) is 12.7 Å². The van der Waals surface area contributed by atoms with E-state index in [0.717, 1.165) is 30.6 Å². The molecule has 1 aliphatic carbocycles. The van der Waals surface area contributed by atoms with E-state index in [1.807, 2.05) is 0 Å². The van der Waals surface area contributed by atoms with E-state index in [1.165, 1.54) is 45.3 Å². The smallest absolute Gasteiger partial charge is 0.337 e. The summed E-state index contributed by atoms with van der Waals surface area (Å²) < 4.78 is 19.0. The molecule has 3 nitrogen and oxygen atoms in total. The number of hydrogen-bond donors (Lipinski definition) is 0. The lowest BCUT2D eigenvalue weighted by Gasteiger charge is -2.39. The highest BCUT2D eigenvalue weighted by Gasteiger charge is 2.31. The summed E-state index contributed by atoms with van der Waals surface area (Å²) in [5.74, 6) is -0.749. The highest BCUT2D eigenvalue weighted by atomic mass is 19.1. The van der Waals surface area contributed by atoms with Gasteiger partial charge in [-0.05, 0) is 61.8 Å². The number of ether oxygens (including phenoxy) is 1. The Morgan fingerprint density at radius 2 is 2.17 bits per heavy atom. The fourth-order valence-corrected chi connectivity index (χ4v) is 3.86. The van der Waals surface area contributed by atoms with Gasteiger partial charge in [-0.25, -0.2) is 9.18 Å². The number of carbonyl (C=O) groups is 1. The molecule has 0 radical (unpaired) electrons. The summed E-state index contributed by atoms with van der Waals surface area (Å²) >= 11 is 0. The van der Waals surface area contributed by atoms with Crippen LogP contribution in [0.2, 0.25) is 0 Å². The molecule has 1 aliphatic heterocycles. The number of methoxy groups -OCH3 is 1. The molecular weight excluding hydrogens is 293 g/mol. The normalized spacial score (nSPS) is 19.8. The minimum atomic E-state index is -0.470. The minimum Gasteiger partial charge on any atom is -0.465 e. The number of nitrogens with zero attached hydrogens (tertiary/aromatic N) is 1. The zero-order valence-corrected chi connectivity index (χ0v) is 14.2. The van der Waals surface area contributed by atoms with Crippen LogP contribution in [0.4, 0.5) is 4.39 Å². The lowest BCUT2D eigenvalue weighted by molar-refractivity contribution is 0.0600. The van der Waals surface area contributed by atoms with Gasteiger partial charge in [0.25, 0.3) is 0 Å². The zero-order valence-electron chi connectivity index (χ0n) is 14.2. The molecule has 0 atom stereocenters. The average molecular weight is 319 g/mol. The molecule has 3 rings (SSSR count). The minimum absolute atomic E-state index is 0.279. The van der Waals surface area contributed by atoms with Crippen molar-refractivity contribution in [2.24, 2.45) is 5.41 Å². The van der Waals surface area contributed by atoms with Gasteiger partial charge in [0, 0.05) is 18.7 Å². The third-order valence-electron chi connectivity index (χ3n) is 5.60. The van der Waals surface area contributed by atoms with Crippen molar-refractivity contribution < 1.29 is 13.9 Å². The standard InChI is InChI=1S/C19H26FNO2/c1-19(6-3-7-19)8-4-9-21-10-5-14-11-15(18(22)23-2)12-17(20)16(14)13-21/h11-12H,3-10,13H2,1-2H3. The van der Waals surface area contributed by atoms with Crippen LogP contribution in [0.15, 0.2) is 12.1 Å². The number of halogens is 1. The number of rotatable bonds is 5. The summed E-state index contributed by atoms with van der Waals surface area (Å²) in [5.41, 5.74) is 2.58. The quantitative estimate of drug-likeness (QED) is 0.770. The first-order valence-electron chi connectivity index (χ1n) is 8.63. The lowest BCUT2D eigenvalue weighted by atomic mass is 9.68. The number of hydrogen-bond acceptors (Lipinski definition) is 3. The van der Waals surface area contributed by atoms with E-state index in [2.05, 4.69) is 16.6 Å². The summed E-state index contributed by atoms with van der Waals surface area (Å²) in [6.45, 7) is 5.01. The van der Waals surface area contributed by atoms with Crippen LogP contribution < -0.4 is 0 Å². The van der Waals surface area contributed by atoms with Gasteiger partial charge in [0.2, 0.25) is 0 Å². The van der Waals surface area contributed by atoms with E-state index in [-0.39, 0.29) is 5.82 Å². The van der Waals surface area contributed by atoms with E-state index < -0.39 is 5.97 Å². The Labute approximate surface area is 137 Å². The molecule has 0 saturated heterocycles. The highest BCUT2D eigenvalue weighted by molar-refractivity contribution is 5.89. The van der Waals surface area contributed by atoms with Gasteiger partial charge in [-0.2, -0.15) is 0 Å². The Morgan fingerprint density at radius 3 is 2.83 bits per heavy atom. The van der Waals surface area contributed by atoms with Gasteiger partial charge < -0.3 is 4.74 Å². The summed E-state index contributed by atoms with van der Waals surface area (Å²) in [7, 11) is 1.32. The molecule has 0 unspecified atom stereocenters. The van der Waals surface area contributed by atoms with Crippen molar-refractivity contribution in [2.45, 2.75) is 52.0 Å². The van der Waals surface area contributed by atoms with Gasteiger partial charge in [0.15, 0.2) is 0 Å². The van der Waals surface area contributed by atoms with Crippen LogP contribution in [0.5, 0.6) is 0 Å². The van der Waals surface area contributed by atoms with Crippen molar-refractivity contribution in [3.05, 3.63) is 34.6 Å². The molecular formula is C19H26FNO2. The summed E-state index contributed by atoms with van der Waals surface area (Å²) in [5, 5.41) is 0. The molecule has 0 aromatic heterocycles. The molecule has 1 aromatic carbocycles. The van der Waals surface area contributed by atoms with Crippen LogP contribution in [-0.2, 0) is 17.7 Å². The van der Waals surface area contributed by atoms with E-state index >= 15 is 0 Å². The Balaban J connectivity index is 1.60. The molecule has 4 heteroatoms. The second-order valence-corrected chi connectivity index (χ2v) is 7.38. The van der Waals surface area contributed by atoms with Crippen LogP contribution >= 0.6 is 0 Å². The topological polar surface area (TPSA) is 29.5 Å². The summed E-state index contributed by atoms with van der Waals surface area (Å²) in [6.07, 6.45) is 7.37. The Morgan fingerprint density at radius 1 is 1.39 bits per heavy atom. The van der Waals surface area contributed by atoms with Crippen molar-refractivity contribution in [1.82, 2.24) is 4.90 Å². The van der Waals surface area contributed by atoms with Gasteiger partial charge >= 0.3 is 5.97 Å². The summed E-state index contributed by atoms with van der Waals surface area (Å²) in [4.78, 5) is 13.9. The number of carbonyl (C=O) groups excluding carboxylic acids is 1. The first-order valence-corrected chi connectivity index (χ1v) is 8.63. The van der Waals surface area contributed by atoms with E-state index in [4.69, 9.17) is 0 Å². The van der Waals surface area contributed by atoms with Crippen LogP contribution in [0.1, 0.15) is 60.5 Å². The molecule has 1 fully saturated rings. The maximum atomic E-state index is 14.3. The molecule has 0 N–H and O–H groups in total.